The third-order valence-corrected chi connectivity index (χ3v) is 3.07. The van der Waals surface area contributed by atoms with E-state index in [1.807, 2.05) is 6.07 Å². The largest absolute Gasteiger partial charge is 0.454 e. The molecule has 1 aromatic heterocycles. The van der Waals surface area contributed by atoms with Crippen molar-refractivity contribution in [2.24, 2.45) is 5.73 Å². The average Bonchev–Trinajstić information content (AvgIpc) is 2.79. The molecule has 3 heterocycles. The molecule has 0 amide bonds. The molecule has 0 radical (unpaired) electrons. The van der Waals surface area contributed by atoms with Crippen molar-refractivity contribution in [2.75, 3.05) is 6.61 Å². The summed E-state index contributed by atoms with van der Waals surface area (Å²) in [6, 6.07) is 5.51. The molecule has 94 valence electrons. The number of nitrogens with zero attached hydrogens (tertiary/aromatic N) is 2. The number of aromatic nitrogens is 1. The third kappa shape index (κ3) is 1.64. The van der Waals surface area contributed by atoms with Gasteiger partial charge >= 0.3 is 5.97 Å². The molecule has 0 saturated carbocycles. The first kappa shape index (κ1) is 11.3. The Balaban J connectivity index is 2.18. The monoisotopic (exact) mass is 255 g/mol. The van der Waals surface area contributed by atoms with Crippen molar-refractivity contribution in [3.63, 3.8) is 0 Å². The molecule has 0 aromatic carbocycles. The molecule has 0 spiro atoms. The maximum atomic E-state index is 11.8. The van der Waals surface area contributed by atoms with Crippen molar-refractivity contribution in [3.05, 3.63) is 52.9 Å². The number of pyridine rings is 1. The van der Waals surface area contributed by atoms with Crippen LogP contribution in [0.3, 0.4) is 0 Å². The first-order chi connectivity index (χ1) is 9.22. The van der Waals surface area contributed by atoms with Gasteiger partial charge in [-0.05, 0) is 11.6 Å². The SMILES string of the molecule is N#CC1=C(N)OC2=C(C(=O)OC2)[C@@H]1c1cccnc1. The third-order valence-electron chi connectivity index (χ3n) is 3.07. The van der Waals surface area contributed by atoms with E-state index in [1.54, 1.807) is 24.5 Å². The second-order valence-electron chi connectivity index (χ2n) is 4.12. The molecule has 0 bridgehead atoms. The minimum atomic E-state index is -0.572. The van der Waals surface area contributed by atoms with Crippen LogP contribution in [0.1, 0.15) is 11.5 Å². The van der Waals surface area contributed by atoms with Crippen LogP contribution in [0.15, 0.2) is 47.3 Å². The van der Waals surface area contributed by atoms with Crippen LogP contribution in [0.2, 0.25) is 0 Å². The first-order valence-electron chi connectivity index (χ1n) is 5.60. The van der Waals surface area contributed by atoms with E-state index in [0.717, 1.165) is 0 Å². The summed E-state index contributed by atoms with van der Waals surface area (Å²) in [6.07, 6.45) is 3.21. The Morgan fingerprint density at radius 2 is 2.37 bits per heavy atom. The molecule has 0 saturated heterocycles. The molecule has 1 atom stereocenters. The second kappa shape index (κ2) is 4.14. The normalized spacial score (nSPS) is 21.6. The summed E-state index contributed by atoms with van der Waals surface area (Å²) in [5, 5.41) is 9.24. The van der Waals surface area contributed by atoms with Gasteiger partial charge in [0.2, 0.25) is 5.88 Å². The summed E-state index contributed by atoms with van der Waals surface area (Å²) in [5.41, 5.74) is 6.97. The minimum absolute atomic E-state index is 0.00778. The molecule has 2 aliphatic heterocycles. The van der Waals surface area contributed by atoms with Crippen molar-refractivity contribution in [1.82, 2.24) is 4.98 Å². The zero-order chi connectivity index (χ0) is 13.4. The van der Waals surface area contributed by atoms with E-state index in [4.69, 9.17) is 15.2 Å². The lowest BCUT2D eigenvalue weighted by atomic mass is 9.84. The second-order valence-corrected chi connectivity index (χ2v) is 4.12. The van der Waals surface area contributed by atoms with Crippen molar-refractivity contribution >= 4 is 5.97 Å². The van der Waals surface area contributed by atoms with Gasteiger partial charge in [-0.15, -0.1) is 0 Å². The number of hydrogen-bond donors (Lipinski definition) is 1. The molecule has 19 heavy (non-hydrogen) atoms. The lowest BCUT2D eigenvalue weighted by Gasteiger charge is -2.22. The first-order valence-corrected chi connectivity index (χ1v) is 5.60. The van der Waals surface area contributed by atoms with E-state index >= 15 is 0 Å². The molecule has 1 aromatic rings. The topological polar surface area (TPSA) is 98.2 Å². The van der Waals surface area contributed by atoms with Gasteiger partial charge in [0, 0.05) is 12.4 Å². The number of carbonyl (C=O) groups excluding carboxylic acids is 1. The lowest BCUT2D eigenvalue weighted by Crippen LogP contribution is -2.21. The highest BCUT2D eigenvalue weighted by Gasteiger charge is 2.41. The molecule has 2 N–H and O–H groups in total. The van der Waals surface area contributed by atoms with Crippen molar-refractivity contribution in [3.8, 4) is 6.07 Å². The molecule has 2 aliphatic rings. The maximum absolute atomic E-state index is 11.8. The Hall–Kier alpha value is -2.81. The number of nitriles is 1. The average molecular weight is 255 g/mol. The molecule has 3 rings (SSSR count). The fourth-order valence-corrected chi connectivity index (χ4v) is 2.24. The van der Waals surface area contributed by atoms with E-state index in [1.165, 1.54) is 0 Å². The number of esters is 1. The summed E-state index contributed by atoms with van der Waals surface area (Å²) in [4.78, 5) is 15.8. The van der Waals surface area contributed by atoms with Crippen LogP contribution in [-0.4, -0.2) is 17.6 Å². The van der Waals surface area contributed by atoms with Crippen LogP contribution in [0, 0.1) is 11.3 Å². The number of cyclic esters (lactones) is 1. The summed E-state index contributed by atoms with van der Waals surface area (Å²) >= 11 is 0. The molecule has 6 heteroatoms. The van der Waals surface area contributed by atoms with Gasteiger partial charge in [0.25, 0.3) is 0 Å². The molecular formula is C13H9N3O3. The standard InChI is InChI=1S/C13H9N3O3/c14-4-8-10(7-2-1-3-16-5-7)11-9(19-12(8)15)6-18-13(11)17/h1-3,5,10H,6,15H2/t10-/m1/s1. The predicted octanol–water partition coefficient (Wildman–Crippen LogP) is 0.700. The molecular weight excluding hydrogens is 246 g/mol. The molecule has 0 aliphatic carbocycles. The highest BCUT2D eigenvalue weighted by molar-refractivity contribution is 5.94. The van der Waals surface area contributed by atoms with Crippen LogP contribution in [0.5, 0.6) is 0 Å². The lowest BCUT2D eigenvalue weighted by molar-refractivity contribution is -0.136. The minimum Gasteiger partial charge on any atom is -0.454 e. The number of nitrogens with two attached hydrogens (primary N) is 1. The fourth-order valence-electron chi connectivity index (χ4n) is 2.24. The van der Waals surface area contributed by atoms with Gasteiger partial charge in [-0.25, -0.2) is 4.79 Å². The molecule has 6 nitrogen and oxygen atoms in total. The van der Waals surface area contributed by atoms with Gasteiger partial charge in [0.1, 0.15) is 18.2 Å². The number of rotatable bonds is 1. The van der Waals surface area contributed by atoms with Crippen molar-refractivity contribution in [1.29, 1.82) is 5.26 Å². The van der Waals surface area contributed by atoms with E-state index in [0.29, 0.717) is 16.9 Å². The fraction of sp³-hybridized carbons (Fsp3) is 0.154. The molecule has 0 unspecified atom stereocenters. The van der Waals surface area contributed by atoms with E-state index in [-0.39, 0.29) is 18.1 Å². The predicted molar refractivity (Wildman–Crippen MR) is 62.9 cm³/mol. The number of allylic oxidation sites excluding steroid dienone is 1. The van der Waals surface area contributed by atoms with Gasteiger partial charge in [-0.1, -0.05) is 6.07 Å². The summed E-state index contributed by atoms with van der Waals surface area (Å²) in [5.74, 6) is -0.676. The van der Waals surface area contributed by atoms with Crippen LogP contribution < -0.4 is 5.73 Å². The van der Waals surface area contributed by atoms with Gasteiger partial charge < -0.3 is 15.2 Å². The number of carbonyl (C=O) groups is 1. The van der Waals surface area contributed by atoms with Crippen molar-refractivity contribution in [2.45, 2.75) is 5.92 Å². The van der Waals surface area contributed by atoms with Gasteiger partial charge in [-0.3, -0.25) is 4.98 Å². The summed E-state index contributed by atoms with van der Waals surface area (Å²) in [7, 11) is 0. The van der Waals surface area contributed by atoms with Crippen LogP contribution >= 0.6 is 0 Å². The van der Waals surface area contributed by atoms with Gasteiger partial charge in [-0.2, -0.15) is 5.26 Å². The number of hydrogen-bond acceptors (Lipinski definition) is 6. The Kier molecular flexibility index (Phi) is 2.46. The van der Waals surface area contributed by atoms with Crippen molar-refractivity contribution < 1.29 is 14.3 Å². The number of ether oxygens (including phenoxy) is 2. The Morgan fingerprint density at radius 1 is 1.53 bits per heavy atom. The summed E-state index contributed by atoms with van der Waals surface area (Å²) in [6.45, 7) is 0.0460. The highest BCUT2D eigenvalue weighted by atomic mass is 16.6. The van der Waals surface area contributed by atoms with Crippen LogP contribution in [0.4, 0.5) is 0 Å². The van der Waals surface area contributed by atoms with E-state index in [9.17, 15) is 10.1 Å². The van der Waals surface area contributed by atoms with Crippen LogP contribution in [-0.2, 0) is 14.3 Å². The van der Waals surface area contributed by atoms with E-state index < -0.39 is 11.9 Å². The zero-order valence-corrected chi connectivity index (χ0v) is 9.79. The zero-order valence-electron chi connectivity index (χ0n) is 9.79. The highest BCUT2D eigenvalue weighted by Crippen LogP contribution is 2.41. The Labute approximate surface area is 108 Å². The Morgan fingerprint density at radius 3 is 3.05 bits per heavy atom. The van der Waals surface area contributed by atoms with Gasteiger partial charge in [0.05, 0.1) is 11.5 Å². The maximum Gasteiger partial charge on any atom is 0.339 e. The van der Waals surface area contributed by atoms with Crippen LogP contribution in [0.25, 0.3) is 0 Å². The Bertz CT molecular complexity index is 655. The summed E-state index contributed by atoms with van der Waals surface area (Å²) < 4.78 is 10.2. The molecule has 0 fully saturated rings. The smallest absolute Gasteiger partial charge is 0.339 e. The quantitative estimate of drug-likeness (QED) is 0.742. The van der Waals surface area contributed by atoms with E-state index in [2.05, 4.69) is 4.98 Å². The van der Waals surface area contributed by atoms with Gasteiger partial charge in [0.15, 0.2) is 5.76 Å².